The summed E-state index contributed by atoms with van der Waals surface area (Å²) in [6.45, 7) is 1.89. The average Bonchev–Trinajstić information content (AvgIpc) is 2.47. The lowest BCUT2D eigenvalue weighted by Crippen LogP contribution is -2.12. The summed E-state index contributed by atoms with van der Waals surface area (Å²) in [6.07, 6.45) is 0. The van der Waals surface area contributed by atoms with Crippen molar-refractivity contribution < 1.29 is 13.7 Å². The van der Waals surface area contributed by atoms with Gasteiger partial charge in [-0.2, -0.15) is 0 Å². The van der Waals surface area contributed by atoms with Gasteiger partial charge in [0, 0.05) is 4.90 Å². The highest BCUT2D eigenvalue weighted by Gasteiger charge is 2.16. The van der Waals surface area contributed by atoms with Gasteiger partial charge in [0.15, 0.2) is 5.78 Å². The Bertz CT molecular complexity index is 650. The third-order valence-corrected chi connectivity index (χ3v) is 4.48. The fourth-order valence-corrected chi connectivity index (χ4v) is 3.17. The van der Waals surface area contributed by atoms with Gasteiger partial charge in [0.1, 0.15) is 5.75 Å². The normalized spacial score (nSPS) is 11.9. The number of hydrogen-bond donors (Lipinski definition) is 0. The Morgan fingerprint density at radius 2 is 1.75 bits per heavy atom. The van der Waals surface area contributed by atoms with Crippen LogP contribution < -0.4 is 4.74 Å². The van der Waals surface area contributed by atoms with E-state index >= 15 is 0 Å². The summed E-state index contributed by atoms with van der Waals surface area (Å²) in [5.74, 6) is 0.300. The highest BCUT2D eigenvalue weighted by atomic mass is 32.2. The molecule has 1 atom stereocenters. The van der Waals surface area contributed by atoms with Crippen molar-refractivity contribution in [1.82, 2.24) is 0 Å². The zero-order valence-corrected chi connectivity index (χ0v) is 12.3. The van der Waals surface area contributed by atoms with Gasteiger partial charge in [-0.1, -0.05) is 30.3 Å². The van der Waals surface area contributed by atoms with Crippen molar-refractivity contribution in [3.05, 3.63) is 59.7 Å². The fraction of sp³-hybridized carbons (Fsp3) is 0.188. The molecule has 0 spiro atoms. The fourth-order valence-electron chi connectivity index (χ4n) is 1.96. The Labute approximate surface area is 121 Å². The predicted molar refractivity (Wildman–Crippen MR) is 79.8 cm³/mol. The third-order valence-electron chi connectivity index (χ3n) is 3.01. The minimum absolute atomic E-state index is 0.0365. The number of ether oxygens (including phenoxy) is 1. The lowest BCUT2D eigenvalue weighted by atomic mass is 10.1. The second kappa shape index (κ2) is 6.48. The summed E-state index contributed by atoms with van der Waals surface area (Å²) in [4.78, 5) is 13.0. The van der Waals surface area contributed by atoms with Gasteiger partial charge in [-0.25, -0.2) is 0 Å². The summed E-state index contributed by atoms with van der Waals surface area (Å²) in [6, 6.07) is 14.4. The molecule has 0 saturated heterocycles. The Morgan fingerprint density at radius 1 is 1.10 bits per heavy atom. The molecular formula is C16H16O3S. The number of para-hydroxylation sites is 1. The molecule has 0 saturated carbocycles. The average molecular weight is 288 g/mol. The number of rotatable bonds is 5. The molecule has 0 bridgehead atoms. The molecule has 0 aliphatic rings. The second-order valence-electron chi connectivity index (χ2n) is 4.38. The first-order valence-electron chi connectivity index (χ1n) is 6.23. The zero-order chi connectivity index (χ0) is 14.5. The van der Waals surface area contributed by atoms with Crippen LogP contribution in [0.15, 0.2) is 53.4 Å². The van der Waals surface area contributed by atoms with Crippen molar-refractivity contribution in [2.75, 3.05) is 12.9 Å². The van der Waals surface area contributed by atoms with Crippen LogP contribution in [0.4, 0.5) is 0 Å². The predicted octanol–water partition coefficient (Wildman–Crippen LogP) is 2.99. The van der Waals surface area contributed by atoms with Crippen LogP contribution in [0, 0.1) is 6.92 Å². The molecule has 0 N–H and O–H groups in total. The number of ketones is 1. The van der Waals surface area contributed by atoms with Crippen molar-refractivity contribution in [2.45, 2.75) is 11.8 Å². The van der Waals surface area contributed by atoms with E-state index in [4.69, 9.17) is 4.74 Å². The first-order valence-corrected chi connectivity index (χ1v) is 7.55. The van der Waals surface area contributed by atoms with E-state index in [1.165, 1.54) is 7.11 Å². The van der Waals surface area contributed by atoms with E-state index in [-0.39, 0.29) is 11.5 Å². The van der Waals surface area contributed by atoms with E-state index in [0.29, 0.717) is 16.2 Å². The number of Topliss-reactive ketones (excluding diaryl/α,β-unsaturated/α-hetero) is 1. The van der Waals surface area contributed by atoms with Crippen LogP contribution >= 0.6 is 0 Å². The molecule has 4 heteroatoms. The minimum Gasteiger partial charge on any atom is -0.496 e. The van der Waals surface area contributed by atoms with Crippen LogP contribution in [-0.4, -0.2) is 22.9 Å². The summed E-state index contributed by atoms with van der Waals surface area (Å²) >= 11 is 0. The molecule has 0 fully saturated rings. The van der Waals surface area contributed by atoms with E-state index in [9.17, 15) is 9.00 Å². The van der Waals surface area contributed by atoms with E-state index in [2.05, 4.69) is 0 Å². The molecule has 2 rings (SSSR count). The molecule has 104 valence electrons. The zero-order valence-electron chi connectivity index (χ0n) is 11.5. The molecule has 2 aromatic carbocycles. The number of benzene rings is 2. The molecule has 1 unspecified atom stereocenters. The molecule has 0 amide bonds. The molecule has 2 aromatic rings. The maximum atomic E-state index is 12.3. The molecule has 0 aliphatic carbocycles. The molecule has 0 radical (unpaired) electrons. The lowest BCUT2D eigenvalue weighted by molar-refractivity contribution is 0.101. The van der Waals surface area contributed by atoms with Crippen LogP contribution in [0.2, 0.25) is 0 Å². The smallest absolute Gasteiger partial charge is 0.179 e. The molecule has 3 nitrogen and oxygen atoms in total. The maximum Gasteiger partial charge on any atom is 0.179 e. The number of methoxy groups -OCH3 is 1. The molecular weight excluding hydrogens is 272 g/mol. The Balaban J connectivity index is 2.20. The summed E-state index contributed by atoms with van der Waals surface area (Å²) in [5, 5.41) is 0. The largest absolute Gasteiger partial charge is 0.496 e. The first kappa shape index (κ1) is 14.5. The summed E-state index contributed by atoms with van der Waals surface area (Å²) in [7, 11) is 0.177. The Morgan fingerprint density at radius 3 is 2.45 bits per heavy atom. The topological polar surface area (TPSA) is 43.4 Å². The van der Waals surface area contributed by atoms with Gasteiger partial charge in [0.25, 0.3) is 0 Å². The standard InChI is InChI=1S/C16H16O3S/c1-12-7-3-6-10-16(12)20(18)11-14(17)13-8-4-5-9-15(13)19-2/h3-10H,11H2,1-2H3. The van der Waals surface area contributed by atoms with Gasteiger partial charge in [-0.3, -0.25) is 9.00 Å². The number of carbonyl (C=O) groups is 1. The molecule has 0 aliphatic heterocycles. The maximum absolute atomic E-state index is 12.3. The molecule has 0 aromatic heterocycles. The third kappa shape index (κ3) is 3.14. The van der Waals surface area contributed by atoms with Crippen LogP contribution in [0.1, 0.15) is 15.9 Å². The number of aryl methyl sites for hydroxylation is 1. The van der Waals surface area contributed by atoms with Gasteiger partial charge >= 0.3 is 0 Å². The Hall–Kier alpha value is -1.94. The second-order valence-corrected chi connectivity index (χ2v) is 5.80. The first-order chi connectivity index (χ1) is 9.63. The van der Waals surface area contributed by atoms with Crippen molar-refractivity contribution in [3.8, 4) is 5.75 Å². The van der Waals surface area contributed by atoms with Gasteiger partial charge in [-0.15, -0.1) is 0 Å². The van der Waals surface area contributed by atoms with Crippen molar-refractivity contribution in [2.24, 2.45) is 0 Å². The Kier molecular flexibility index (Phi) is 4.69. The van der Waals surface area contributed by atoms with E-state index < -0.39 is 10.8 Å². The van der Waals surface area contributed by atoms with E-state index in [1.54, 1.807) is 30.3 Å². The minimum atomic E-state index is -1.34. The molecule has 0 heterocycles. The highest BCUT2D eigenvalue weighted by Crippen LogP contribution is 2.20. The van der Waals surface area contributed by atoms with Gasteiger partial charge in [0.05, 0.1) is 29.2 Å². The van der Waals surface area contributed by atoms with Crippen molar-refractivity contribution in [1.29, 1.82) is 0 Å². The molecule has 20 heavy (non-hydrogen) atoms. The monoisotopic (exact) mass is 288 g/mol. The van der Waals surface area contributed by atoms with Crippen molar-refractivity contribution >= 4 is 16.6 Å². The number of hydrogen-bond acceptors (Lipinski definition) is 3. The van der Waals surface area contributed by atoms with Gasteiger partial charge in [0.2, 0.25) is 0 Å². The van der Waals surface area contributed by atoms with Crippen LogP contribution in [0.3, 0.4) is 0 Å². The van der Waals surface area contributed by atoms with E-state index in [1.807, 2.05) is 25.1 Å². The van der Waals surface area contributed by atoms with Gasteiger partial charge < -0.3 is 4.74 Å². The summed E-state index contributed by atoms with van der Waals surface area (Å²) in [5.41, 5.74) is 1.40. The van der Waals surface area contributed by atoms with E-state index in [0.717, 1.165) is 5.56 Å². The highest BCUT2D eigenvalue weighted by molar-refractivity contribution is 7.85. The number of carbonyl (C=O) groups excluding carboxylic acids is 1. The lowest BCUT2D eigenvalue weighted by Gasteiger charge is -2.08. The van der Waals surface area contributed by atoms with Crippen LogP contribution in [0.5, 0.6) is 5.75 Å². The van der Waals surface area contributed by atoms with Crippen molar-refractivity contribution in [3.63, 3.8) is 0 Å². The van der Waals surface area contributed by atoms with Crippen LogP contribution in [0.25, 0.3) is 0 Å². The van der Waals surface area contributed by atoms with Gasteiger partial charge in [-0.05, 0) is 30.7 Å². The quantitative estimate of drug-likeness (QED) is 0.794. The summed E-state index contributed by atoms with van der Waals surface area (Å²) < 4.78 is 17.5. The SMILES string of the molecule is COc1ccccc1C(=O)CS(=O)c1ccccc1C. The van der Waals surface area contributed by atoms with Crippen LogP contribution in [-0.2, 0) is 10.8 Å².